The van der Waals surface area contributed by atoms with Gasteiger partial charge in [0.15, 0.2) is 0 Å². The van der Waals surface area contributed by atoms with Crippen LogP contribution in [0.1, 0.15) is 19.4 Å². The highest BCUT2D eigenvalue weighted by Gasteiger charge is 2.12. The molecule has 5 nitrogen and oxygen atoms in total. The Labute approximate surface area is 108 Å². The lowest BCUT2D eigenvalue weighted by molar-refractivity contribution is 0.0834. The summed E-state index contributed by atoms with van der Waals surface area (Å²) in [4.78, 5) is 0.240. The first-order chi connectivity index (χ1) is 8.45. The number of nitrogens with two attached hydrogens (primary N) is 1. The van der Waals surface area contributed by atoms with Gasteiger partial charge < -0.3 is 10.5 Å². The van der Waals surface area contributed by atoms with Crippen molar-refractivity contribution in [3.63, 3.8) is 0 Å². The minimum absolute atomic E-state index is 0.0957. The zero-order chi connectivity index (χ0) is 13.6. The molecule has 0 saturated carbocycles. The molecule has 0 fully saturated rings. The van der Waals surface area contributed by atoms with Gasteiger partial charge in [0.1, 0.15) is 0 Å². The quantitative estimate of drug-likeness (QED) is 0.721. The van der Waals surface area contributed by atoms with E-state index in [0.29, 0.717) is 13.2 Å². The molecule has 0 saturated heterocycles. The van der Waals surface area contributed by atoms with Gasteiger partial charge in [0.2, 0.25) is 10.0 Å². The zero-order valence-corrected chi connectivity index (χ0v) is 11.5. The molecule has 0 unspecified atom stereocenters. The van der Waals surface area contributed by atoms with Gasteiger partial charge in [-0.3, -0.25) is 0 Å². The fourth-order valence-corrected chi connectivity index (χ4v) is 2.37. The largest absolute Gasteiger partial charge is 0.377 e. The van der Waals surface area contributed by atoms with E-state index in [0.717, 1.165) is 5.56 Å². The Bertz CT molecular complexity index is 455. The van der Waals surface area contributed by atoms with Crippen LogP contribution in [0.15, 0.2) is 29.2 Å². The number of rotatable bonds is 7. The minimum Gasteiger partial charge on any atom is -0.377 e. The molecule has 1 rings (SSSR count). The highest BCUT2D eigenvalue weighted by atomic mass is 32.2. The second-order valence-corrected chi connectivity index (χ2v) is 5.93. The average molecular weight is 272 g/mol. The van der Waals surface area contributed by atoms with Crippen molar-refractivity contribution in [2.75, 3.05) is 13.2 Å². The van der Waals surface area contributed by atoms with E-state index in [1.807, 2.05) is 13.8 Å². The van der Waals surface area contributed by atoms with Crippen LogP contribution < -0.4 is 10.5 Å². The molecular formula is C12H20N2O3S. The van der Waals surface area contributed by atoms with Crippen LogP contribution in [0.4, 0.5) is 0 Å². The Kier molecular flexibility index (Phi) is 5.74. The molecule has 0 aromatic heterocycles. The Balaban J connectivity index is 2.57. The van der Waals surface area contributed by atoms with Crippen molar-refractivity contribution in [1.82, 2.24) is 4.72 Å². The summed E-state index contributed by atoms with van der Waals surface area (Å²) in [5, 5.41) is 0. The van der Waals surface area contributed by atoms with Crippen molar-refractivity contribution >= 4 is 10.0 Å². The first-order valence-corrected chi connectivity index (χ1v) is 7.34. The Morgan fingerprint density at radius 2 is 1.89 bits per heavy atom. The number of sulfonamides is 1. The predicted octanol–water partition coefficient (Wildman–Crippen LogP) is 0.849. The molecule has 0 aliphatic heterocycles. The minimum atomic E-state index is -3.45. The molecular weight excluding hydrogens is 252 g/mol. The van der Waals surface area contributed by atoms with Crippen LogP contribution in [0.25, 0.3) is 0 Å². The topological polar surface area (TPSA) is 81.4 Å². The van der Waals surface area contributed by atoms with Crippen molar-refractivity contribution in [1.29, 1.82) is 0 Å². The van der Waals surface area contributed by atoms with E-state index in [1.54, 1.807) is 24.3 Å². The summed E-state index contributed by atoms with van der Waals surface area (Å²) in [5.74, 6) is 0. The summed E-state index contributed by atoms with van der Waals surface area (Å²) >= 11 is 0. The van der Waals surface area contributed by atoms with Gasteiger partial charge in [-0.2, -0.15) is 0 Å². The molecule has 0 aliphatic rings. The lowest BCUT2D eigenvalue weighted by atomic mass is 10.2. The van der Waals surface area contributed by atoms with Crippen molar-refractivity contribution < 1.29 is 13.2 Å². The van der Waals surface area contributed by atoms with E-state index < -0.39 is 10.0 Å². The molecule has 0 heterocycles. The van der Waals surface area contributed by atoms with Gasteiger partial charge >= 0.3 is 0 Å². The van der Waals surface area contributed by atoms with E-state index in [2.05, 4.69) is 4.72 Å². The second-order valence-electron chi connectivity index (χ2n) is 4.17. The fraction of sp³-hybridized carbons (Fsp3) is 0.500. The molecule has 0 amide bonds. The van der Waals surface area contributed by atoms with E-state index in [4.69, 9.17) is 10.5 Å². The standard InChI is InChI=1S/C12H20N2O3S/c1-10(2)17-8-7-14-18(15,16)12-5-3-11(9-13)4-6-12/h3-6,10,14H,7-9,13H2,1-2H3. The molecule has 0 aliphatic carbocycles. The van der Waals surface area contributed by atoms with Gasteiger partial charge in [0.25, 0.3) is 0 Å². The number of hydrogen-bond acceptors (Lipinski definition) is 4. The van der Waals surface area contributed by atoms with Gasteiger partial charge in [-0.1, -0.05) is 12.1 Å². The summed E-state index contributed by atoms with van der Waals surface area (Å²) in [6.45, 7) is 4.83. The van der Waals surface area contributed by atoms with Crippen LogP contribution in [-0.4, -0.2) is 27.7 Å². The molecule has 0 spiro atoms. The summed E-state index contributed by atoms with van der Waals surface area (Å²) in [7, 11) is -3.45. The van der Waals surface area contributed by atoms with Gasteiger partial charge in [-0.15, -0.1) is 0 Å². The Morgan fingerprint density at radius 3 is 2.39 bits per heavy atom. The predicted molar refractivity (Wildman–Crippen MR) is 70.6 cm³/mol. The van der Waals surface area contributed by atoms with Crippen LogP contribution in [-0.2, 0) is 21.3 Å². The van der Waals surface area contributed by atoms with E-state index >= 15 is 0 Å². The third-order valence-electron chi connectivity index (χ3n) is 2.31. The van der Waals surface area contributed by atoms with Crippen molar-refractivity contribution in [3.8, 4) is 0 Å². The average Bonchev–Trinajstić information content (AvgIpc) is 2.34. The van der Waals surface area contributed by atoms with Gasteiger partial charge in [-0.05, 0) is 31.5 Å². The summed E-state index contributed by atoms with van der Waals surface area (Å²) in [5.41, 5.74) is 6.35. The lowest BCUT2D eigenvalue weighted by Gasteiger charge is -2.09. The smallest absolute Gasteiger partial charge is 0.240 e. The zero-order valence-electron chi connectivity index (χ0n) is 10.7. The maximum Gasteiger partial charge on any atom is 0.240 e. The molecule has 1 aromatic carbocycles. The first kappa shape index (κ1) is 15.1. The summed E-state index contributed by atoms with van der Waals surface area (Å²) in [6, 6.07) is 6.51. The molecule has 102 valence electrons. The highest BCUT2D eigenvalue weighted by molar-refractivity contribution is 7.89. The maximum atomic E-state index is 11.9. The van der Waals surface area contributed by atoms with E-state index in [9.17, 15) is 8.42 Å². The molecule has 6 heteroatoms. The first-order valence-electron chi connectivity index (χ1n) is 5.86. The second kappa shape index (κ2) is 6.84. The van der Waals surface area contributed by atoms with Crippen molar-refractivity contribution in [2.24, 2.45) is 5.73 Å². The van der Waals surface area contributed by atoms with Crippen LogP contribution >= 0.6 is 0 Å². The van der Waals surface area contributed by atoms with Crippen LogP contribution in [0.3, 0.4) is 0 Å². The Hall–Kier alpha value is -0.950. The van der Waals surface area contributed by atoms with Crippen LogP contribution in [0.2, 0.25) is 0 Å². The molecule has 18 heavy (non-hydrogen) atoms. The highest BCUT2D eigenvalue weighted by Crippen LogP contribution is 2.09. The number of nitrogens with one attached hydrogen (secondary N) is 1. The summed E-state index contributed by atoms with van der Waals surface area (Å²) < 4.78 is 31.5. The molecule has 1 aromatic rings. The van der Waals surface area contributed by atoms with Gasteiger partial charge in [-0.25, -0.2) is 13.1 Å². The van der Waals surface area contributed by atoms with Crippen LogP contribution in [0.5, 0.6) is 0 Å². The number of benzene rings is 1. The lowest BCUT2D eigenvalue weighted by Crippen LogP contribution is -2.28. The van der Waals surface area contributed by atoms with Crippen molar-refractivity contribution in [2.45, 2.75) is 31.4 Å². The monoisotopic (exact) mass is 272 g/mol. The number of ether oxygens (including phenoxy) is 1. The summed E-state index contributed by atoms with van der Waals surface area (Å²) in [6.07, 6.45) is 0.0957. The van der Waals surface area contributed by atoms with E-state index in [1.165, 1.54) is 0 Å². The third-order valence-corrected chi connectivity index (χ3v) is 3.79. The Morgan fingerprint density at radius 1 is 1.28 bits per heavy atom. The maximum absolute atomic E-state index is 11.9. The SMILES string of the molecule is CC(C)OCCNS(=O)(=O)c1ccc(CN)cc1. The van der Waals surface area contributed by atoms with Gasteiger partial charge in [0, 0.05) is 13.1 Å². The molecule has 0 radical (unpaired) electrons. The third kappa shape index (κ3) is 4.73. The normalized spacial score (nSPS) is 12.0. The number of hydrogen-bond donors (Lipinski definition) is 2. The van der Waals surface area contributed by atoms with Gasteiger partial charge in [0.05, 0.1) is 17.6 Å². The molecule has 0 atom stereocenters. The fourth-order valence-electron chi connectivity index (χ4n) is 1.36. The van der Waals surface area contributed by atoms with Crippen LogP contribution in [0, 0.1) is 0 Å². The molecule has 0 bridgehead atoms. The van der Waals surface area contributed by atoms with E-state index in [-0.39, 0.29) is 17.5 Å². The molecule has 3 N–H and O–H groups in total. The van der Waals surface area contributed by atoms with Crippen molar-refractivity contribution in [3.05, 3.63) is 29.8 Å².